The summed E-state index contributed by atoms with van der Waals surface area (Å²) in [7, 11) is 0. The SMILES string of the molecule is CCCCCCCCC(C#N)Nc1c(C)cccc1O. The predicted octanol–water partition coefficient (Wildman–Crippen LogP) is 4.76. The third-order valence-electron chi connectivity index (χ3n) is 3.57. The molecule has 0 bridgehead atoms. The summed E-state index contributed by atoms with van der Waals surface area (Å²) in [6, 6.07) is 7.45. The Balaban J connectivity index is 2.38. The molecule has 0 aliphatic heterocycles. The molecule has 0 amide bonds. The van der Waals surface area contributed by atoms with Gasteiger partial charge in [0.1, 0.15) is 11.8 Å². The van der Waals surface area contributed by atoms with Crippen LogP contribution in [0.5, 0.6) is 5.75 Å². The van der Waals surface area contributed by atoms with Crippen molar-refractivity contribution in [1.29, 1.82) is 5.26 Å². The number of anilines is 1. The van der Waals surface area contributed by atoms with Crippen LogP contribution in [0.3, 0.4) is 0 Å². The molecule has 20 heavy (non-hydrogen) atoms. The maximum absolute atomic E-state index is 9.83. The Morgan fingerprint density at radius 3 is 2.55 bits per heavy atom. The molecule has 0 saturated heterocycles. The number of unbranched alkanes of at least 4 members (excludes halogenated alkanes) is 5. The topological polar surface area (TPSA) is 56.0 Å². The molecule has 1 rings (SSSR count). The van der Waals surface area contributed by atoms with E-state index in [1.807, 2.05) is 19.1 Å². The number of rotatable bonds is 9. The van der Waals surface area contributed by atoms with Gasteiger partial charge >= 0.3 is 0 Å². The van der Waals surface area contributed by atoms with Gasteiger partial charge in [0.25, 0.3) is 0 Å². The minimum Gasteiger partial charge on any atom is -0.506 e. The Labute approximate surface area is 122 Å². The number of benzene rings is 1. The van der Waals surface area contributed by atoms with Crippen LogP contribution in [0.4, 0.5) is 5.69 Å². The van der Waals surface area contributed by atoms with Crippen LogP contribution in [0.25, 0.3) is 0 Å². The van der Waals surface area contributed by atoms with E-state index in [0.29, 0.717) is 5.69 Å². The number of aromatic hydroxyl groups is 1. The van der Waals surface area contributed by atoms with Gasteiger partial charge in [0, 0.05) is 0 Å². The normalized spacial score (nSPS) is 11.8. The molecule has 3 heteroatoms. The summed E-state index contributed by atoms with van der Waals surface area (Å²) < 4.78 is 0. The van der Waals surface area contributed by atoms with Crippen molar-refractivity contribution in [2.45, 2.75) is 64.8 Å². The van der Waals surface area contributed by atoms with Crippen molar-refractivity contribution in [3.63, 3.8) is 0 Å². The quantitative estimate of drug-likeness (QED) is 0.504. The van der Waals surface area contributed by atoms with Crippen LogP contribution in [0.15, 0.2) is 18.2 Å². The van der Waals surface area contributed by atoms with E-state index in [9.17, 15) is 10.4 Å². The zero-order chi connectivity index (χ0) is 14.8. The lowest BCUT2D eigenvalue weighted by Gasteiger charge is -2.16. The second kappa shape index (κ2) is 9.25. The van der Waals surface area contributed by atoms with Crippen LogP contribution in [0.2, 0.25) is 0 Å². The molecule has 0 radical (unpaired) electrons. The lowest BCUT2D eigenvalue weighted by molar-refractivity contribution is 0.476. The van der Waals surface area contributed by atoms with Gasteiger partial charge in [-0.15, -0.1) is 0 Å². The second-order valence-corrected chi connectivity index (χ2v) is 5.35. The molecule has 0 heterocycles. The van der Waals surface area contributed by atoms with Gasteiger partial charge < -0.3 is 10.4 Å². The molecule has 1 aromatic carbocycles. The molecule has 110 valence electrons. The minimum atomic E-state index is -0.229. The number of para-hydroxylation sites is 1. The standard InChI is InChI=1S/C17H26N2O/c1-3-4-5-6-7-8-11-15(13-18)19-17-14(2)10-9-12-16(17)20/h9-10,12,15,19-20H,3-8,11H2,1-2H3. The van der Waals surface area contributed by atoms with E-state index in [-0.39, 0.29) is 11.8 Å². The zero-order valence-electron chi connectivity index (χ0n) is 12.7. The highest BCUT2D eigenvalue weighted by Gasteiger charge is 2.11. The average Bonchev–Trinajstić information content (AvgIpc) is 2.44. The summed E-state index contributed by atoms with van der Waals surface area (Å²) >= 11 is 0. The largest absolute Gasteiger partial charge is 0.506 e. The van der Waals surface area contributed by atoms with E-state index in [2.05, 4.69) is 18.3 Å². The molecule has 1 aromatic rings. The number of nitrogens with one attached hydrogen (secondary N) is 1. The van der Waals surface area contributed by atoms with Crippen molar-refractivity contribution in [2.24, 2.45) is 0 Å². The molecule has 0 aliphatic rings. The summed E-state index contributed by atoms with van der Waals surface area (Å²) in [6.07, 6.45) is 8.17. The van der Waals surface area contributed by atoms with Crippen LogP contribution >= 0.6 is 0 Å². The van der Waals surface area contributed by atoms with Crippen LogP contribution in [0.1, 0.15) is 57.4 Å². The Kier molecular flexibility index (Phi) is 7.57. The molecule has 0 aliphatic carbocycles. The molecule has 2 N–H and O–H groups in total. The van der Waals surface area contributed by atoms with Crippen molar-refractivity contribution in [2.75, 3.05) is 5.32 Å². The maximum atomic E-state index is 9.83. The first-order valence-corrected chi connectivity index (χ1v) is 7.63. The second-order valence-electron chi connectivity index (χ2n) is 5.35. The summed E-state index contributed by atoms with van der Waals surface area (Å²) in [5.74, 6) is 0.216. The summed E-state index contributed by atoms with van der Waals surface area (Å²) in [4.78, 5) is 0. The molecule has 3 nitrogen and oxygen atoms in total. The van der Waals surface area contributed by atoms with E-state index in [0.717, 1.165) is 18.4 Å². The molecule has 0 spiro atoms. The van der Waals surface area contributed by atoms with Gasteiger partial charge in [-0.25, -0.2) is 0 Å². The lowest BCUT2D eigenvalue weighted by atomic mass is 10.1. The van der Waals surface area contributed by atoms with Crippen LogP contribution in [0, 0.1) is 18.3 Å². The Morgan fingerprint density at radius 1 is 1.20 bits per heavy atom. The molecule has 0 saturated carbocycles. The molecule has 1 unspecified atom stereocenters. The van der Waals surface area contributed by atoms with Crippen molar-refractivity contribution in [1.82, 2.24) is 0 Å². The number of phenols is 1. The van der Waals surface area contributed by atoms with Gasteiger partial charge in [0.15, 0.2) is 0 Å². The number of nitrogens with zero attached hydrogens (tertiary/aromatic N) is 1. The number of nitriles is 1. The average molecular weight is 274 g/mol. The first-order valence-electron chi connectivity index (χ1n) is 7.63. The van der Waals surface area contributed by atoms with E-state index in [4.69, 9.17) is 0 Å². The van der Waals surface area contributed by atoms with E-state index >= 15 is 0 Å². The zero-order valence-corrected chi connectivity index (χ0v) is 12.7. The molecule has 1 atom stereocenters. The van der Waals surface area contributed by atoms with Gasteiger partial charge in [-0.05, 0) is 25.0 Å². The first-order chi connectivity index (χ1) is 9.69. The van der Waals surface area contributed by atoms with Crippen LogP contribution in [-0.4, -0.2) is 11.1 Å². The smallest absolute Gasteiger partial charge is 0.138 e. The number of hydrogen-bond donors (Lipinski definition) is 2. The lowest BCUT2D eigenvalue weighted by Crippen LogP contribution is -2.17. The van der Waals surface area contributed by atoms with E-state index < -0.39 is 0 Å². The first kappa shape index (κ1) is 16.4. The van der Waals surface area contributed by atoms with Gasteiger partial charge in [-0.1, -0.05) is 57.6 Å². The Hall–Kier alpha value is -1.69. The van der Waals surface area contributed by atoms with Gasteiger partial charge in [0.05, 0.1) is 11.8 Å². The fourth-order valence-electron chi connectivity index (χ4n) is 2.31. The summed E-state index contributed by atoms with van der Waals surface area (Å²) in [5.41, 5.74) is 1.65. The third-order valence-corrected chi connectivity index (χ3v) is 3.57. The molecular formula is C17H26N2O. The summed E-state index contributed by atoms with van der Waals surface area (Å²) in [6.45, 7) is 4.14. The molecule has 0 fully saturated rings. The van der Waals surface area contributed by atoms with Crippen LogP contribution < -0.4 is 5.32 Å². The summed E-state index contributed by atoms with van der Waals surface area (Å²) in [5, 5.41) is 22.2. The van der Waals surface area contributed by atoms with Crippen molar-refractivity contribution in [3.05, 3.63) is 23.8 Å². The molecule has 0 aromatic heterocycles. The van der Waals surface area contributed by atoms with Crippen LogP contribution in [-0.2, 0) is 0 Å². The molecular weight excluding hydrogens is 248 g/mol. The number of hydrogen-bond acceptors (Lipinski definition) is 3. The van der Waals surface area contributed by atoms with Crippen molar-refractivity contribution >= 4 is 5.69 Å². The minimum absolute atomic E-state index is 0.216. The van der Waals surface area contributed by atoms with Gasteiger partial charge in [-0.3, -0.25) is 0 Å². The predicted molar refractivity (Wildman–Crippen MR) is 83.9 cm³/mol. The third kappa shape index (κ3) is 5.52. The van der Waals surface area contributed by atoms with Crippen molar-refractivity contribution < 1.29 is 5.11 Å². The van der Waals surface area contributed by atoms with Gasteiger partial charge in [-0.2, -0.15) is 5.26 Å². The number of phenolic OH excluding ortho intramolecular Hbond substituents is 1. The van der Waals surface area contributed by atoms with Gasteiger partial charge in [0.2, 0.25) is 0 Å². The Bertz CT molecular complexity index is 417. The van der Waals surface area contributed by atoms with E-state index in [1.165, 1.54) is 32.1 Å². The highest BCUT2D eigenvalue weighted by Crippen LogP contribution is 2.27. The fourth-order valence-corrected chi connectivity index (χ4v) is 2.31. The fraction of sp³-hybridized carbons (Fsp3) is 0.588. The van der Waals surface area contributed by atoms with E-state index in [1.54, 1.807) is 6.07 Å². The highest BCUT2D eigenvalue weighted by atomic mass is 16.3. The van der Waals surface area contributed by atoms with Crippen molar-refractivity contribution in [3.8, 4) is 11.8 Å². The Morgan fingerprint density at radius 2 is 1.90 bits per heavy atom. The monoisotopic (exact) mass is 274 g/mol. The maximum Gasteiger partial charge on any atom is 0.138 e. The number of aryl methyl sites for hydroxylation is 1. The highest BCUT2D eigenvalue weighted by molar-refractivity contribution is 5.61.